The topological polar surface area (TPSA) is 70.6 Å². The monoisotopic (exact) mass is 334 g/mol. The lowest BCUT2D eigenvalue weighted by atomic mass is 9.54. The minimum absolute atomic E-state index is 0.00683. The molecule has 5 heteroatoms. The summed E-state index contributed by atoms with van der Waals surface area (Å²) in [6.07, 6.45) is 10.0. The summed E-state index contributed by atoms with van der Waals surface area (Å²) in [7, 11) is 0. The molecule has 5 rings (SSSR count). The van der Waals surface area contributed by atoms with Gasteiger partial charge in [0.15, 0.2) is 0 Å². The van der Waals surface area contributed by atoms with E-state index in [4.69, 9.17) is 4.74 Å². The van der Waals surface area contributed by atoms with E-state index in [9.17, 15) is 9.90 Å². The van der Waals surface area contributed by atoms with Gasteiger partial charge in [-0.1, -0.05) is 12.8 Å². The van der Waals surface area contributed by atoms with E-state index in [0.717, 1.165) is 13.0 Å². The summed E-state index contributed by atoms with van der Waals surface area (Å²) < 4.78 is 6.00. The number of ether oxygens (including phenoxy) is 1. The minimum Gasteiger partial charge on any atom is -0.396 e. The Bertz CT molecular complexity index is 519. The van der Waals surface area contributed by atoms with Crippen molar-refractivity contribution in [3.63, 3.8) is 0 Å². The average Bonchev–Trinajstić information content (AvgIpc) is 3.34. The molecule has 1 spiro atoms. The Hall–Kier alpha value is -0.810. The van der Waals surface area contributed by atoms with Crippen molar-refractivity contribution in [2.45, 2.75) is 69.6 Å². The summed E-state index contributed by atoms with van der Waals surface area (Å²) in [5.74, 6) is 1.96. The van der Waals surface area contributed by atoms with Gasteiger partial charge in [-0.05, 0) is 50.4 Å². The van der Waals surface area contributed by atoms with Crippen molar-refractivity contribution < 1.29 is 14.6 Å². The molecule has 134 valence electrons. The van der Waals surface area contributed by atoms with Gasteiger partial charge in [-0.25, -0.2) is 4.79 Å². The van der Waals surface area contributed by atoms with Crippen LogP contribution in [-0.2, 0) is 4.74 Å². The molecule has 4 aliphatic carbocycles. The third-order valence-electron chi connectivity index (χ3n) is 8.17. The zero-order chi connectivity index (χ0) is 16.3. The van der Waals surface area contributed by atoms with E-state index < -0.39 is 0 Å². The van der Waals surface area contributed by atoms with E-state index in [1.807, 2.05) is 0 Å². The Balaban J connectivity index is 1.25. The van der Waals surface area contributed by atoms with Crippen molar-refractivity contribution in [1.29, 1.82) is 0 Å². The molecule has 1 heterocycles. The highest BCUT2D eigenvalue weighted by Crippen LogP contribution is 2.60. The van der Waals surface area contributed by atoms with Crippen molar-refractivity contribution >= 4 is 6.03 Å². The molecule has 0 radical (unpaired) electrons. The lowest BCUT2D eigenvalue weighted by molar-refractivity contribution is -0.126. The standard InChI is InChI=1S/C19H30N2O3/c22-10-14-11-3-4-12(9-11)15(14)20-18(23)21-16-13-5-8-24-17(13)19(16)6-1-2-7-19/h11-17,22H,1-10H2,(H2,20,21,23). The number of rotatable bonds is 3. The number of nitrogens with one attached hydrogen (secondary N) is 2. The second-order valence-corrected chi connectivity index (χ2v) is 8.99. The maximum absolute atomic E-state index is 12.7. The fraction of sp³-hybridized carbons (Fsp3) is 0.947. The highest BCUT2D eigenvalue weighted by atomic mass is 16.5. The van der Waals surface area contributed by atoms with Gasteiger partial charge in [-0.15, -0.1) is 0 Å². The molecular weight excluding hydrogens is 304 g/mol. The first-order valence-corrected chi connectivity index (χ1v) is 10.0. The van der Waals surface area contributed by atoms with Crippen LogP contribution in [-0.4, -0.2) is 42.5 Å². The number of hydrogen-bond donors (Lipinski definition) is 3. The largest absolute Gasteiger partial charge is 0.396 e. The summed E-state index contributed by atoms with van der Waals surface area (Å²) in [6, 6.07) is 0.454. The fourth-order valence-electron chi connectivity index (χ4n) is 7.14. The maximum Gasteiger partial charge on any atom is 0.315 e. The summed E-state index contributed by atoms with van der Waals surface area (Å²) in [6.45, 7) is 1.06. The van der Waals surface area contributed by atoms with Gasteiger partial charge in [-0.2, -0.15) is 0 Å². The van der Waals surface area contributed by atoms with Crippen LogP contribution in [0.3, 0.4) is 0 Å². The molecule has 1 saturated heterocycles. The van der Waals surface area contributed by atoms with E-state index in [1.54, 1.807) is 0 Å². The Labute approximate surface area is 143 Å². The van der Waals surface area contributed by atoms with Gasteiger partial charge >= 0.3 is 6.03 Å². The molecule has 0 aromatic carbocycles. The van der Waals surface area contributed by atoms with E-state index in [-0.39, 0.29) is 30.0 Å². The van der Waals surface area contributed by atoms with Gasteiger partial charge in [0.2, 0.25) is 0 Å². The molecule has 7 atom stereocenters. The van der Waals surface area contributed by atoms with Gasteiger partial charge in [-0.3, -0.25) is 0 Å². The zero-order valence-electron chi connectivity index (χ0n) is 14.4. The average molecular weight is 334 g/mol. The number of carbonyl (C=O) groups is 1. The number of amides is 2. The predicted molar refractivity (Wildman–Crippen MR) is 89.4 cm³/mol. The normalized spacial score (nSPS) is 47.6. The van der Waals surface area contributed by atoms with Gasteiger partial charge in [0.25, 0.3) is 0 Å². The van der Waals surface area contributed by atoms with Crippen LogP contribution in [0, 0.1) is 29.1 Å². The van der Waals surface area contributed by atoms with Crippen molar-refractivity contribution in [3.05, 3.63) is 0 Å². The molecule has 24 heavy (non-hydrogen) atoms. The number of aliphatic hydroxyl groups excluding tert-OH is 1. The molecule has 0 aromatic heterocycles. The lowest BCUT2D eigenvalue weighted by Gasteiger charge is -2.56. The van der Waals surface area contributed by atoms with E-state index >= 15 is 0 Å². The molecule has 3 N–H and O–H groups in total. The molecule has 4 saturated carbocycles. The van der Waals surface area contributed by atoms with Crippen LogP contribution < -0.4 is 10.6 Å². The molecule has 0 aromatic rings. The smallest absolute Gasteiger partial charge is 0.315 e. The van der Waals surface area contributed by atoms with Crippen molar-refractivity contribution in [1.82, 2.24) is 10.6 Å². The molecule has 7 unspecified atom stereocenters. The van der Waals surface area contributed by atoms with E-state index in [2.05, 4.69) is 10.6 Å². The molecule has 2 bridgehead atoms. The van der Waals surface area contributed by atoms with Gasteiger partial charge in [0.1, 0.15) is 0 Å². The molecule has 5 nitrogen and oxygen atoms in total. The first-order chi connectivity index (χ1) is 11.7. The van der Waals surface area contributed by atoms with Gasteiger partial charge in [0.05, 0.1) is 6.10 Å². The Morgan fingerprint density at radius 3 is 2.71 bits per heavy atom. The quantitative estimate of drug-likeness (QED) is 0.740. The van der Waals surface area contributed by atoms with Crippen LogP contribution in [0.15, 0.2) is 0 Å². The number of hydrogen-bond acceptors (Lipinski definition) is 3. The first kappa shape index (κ1) is 15.4. The molecule has 5 aliphatic rings. The third kappa shape index (κ3) is 2.03. The van der Waals surface area contributed by atoms with Gasteiger partial charge < -0.3 is 20.5 Å². The molecular formula is C19H30N2O3. The highest BCUT2D eigenvalue weighted by Gasteiger charge is 2.65. The second kappa shape index (κ2) is 5.60. The van der Waals surface area contributed by atoms with Crippen LogP contribution in [0.2, 0.25) is 0 Å². The van der Waals surface area contributed by atoms with Crippen LogP contribution in [0.5, 0.6) is 0 Å². The summed E-state index contributed by atoms with van der Waals surface area (Å²) in [5.41, 5.74) is 0.212. The van der Waals surface area contributed by atoms with Crippen LogP contribution in [0.4, 0.5) is 4.79 Å². The minimum atomic E-state index is -0.00683. The van der Waals surface area contributed by atoms with Gasteiger partial charge in [0, 0.05) is 42.5 Å². The maximum atomic E-state index is 12.7. The summed E-state index contributed by atoms with van der Waals surface area (Å²) in [4.78, 5) is 12.7. The van der Waals surface area contributed by atoms with Crippen molar-refractivity contribution in [2.75, 3.05) is 13.2 Å². The van der Waals surface area contributed by atoms with Crippen LogP contribution in [0.25, 0.3) is 0 Å². The van der Waals surface area contributed by atoms with Crippen LogP contribution in [0.1, 0.15) is 51.4 Å². The number of carbonyl (C=O) groups excluding carboxylic acids is 1. The lowest BCUT2D eigenvalue weighted by Crippen LogP contribution is -2.69. The Morgan fingerprint density at radius 1 is 1.12 bits per heavy atom. The SMILES string of the molecule is O=C(NC1C2CCC(C2)C1CO)NC1C2CCOC2C12CCCC2. The van der Waals surface area contributed by atoms with Crippen molar-refractivity contribution in [2.24, 2.45) is 29.1 Å². The molecule has 5 fully saturated rings. The Kier molecular flexibility index (Phi) is 3.60. The van der Waals surface area contributed by atoms with Crippen LogP contribution >= 0.6 is 0 Å². The highest BCUT2D eigenvalue weighted by molar-refractivity contribution is 5.75. The van der Waals surface area contributed by atoms with Crippen molar-refractivity contribution in [3.8, 4) is 0 Å². The second-order valence-electron chi connectivity index (χ2n) is 8.99. The number of aliphatic hydroxyl groups is 1. The Morgan fingerprint density at radius 2 is 1.92 bits per heavy atom. The molecule has 1 aliphatic heterocycles. The number of urea groups is 1. The zero-order valence-corrected chi connectivity index (χ0v) is 14.4. The molecule has 2 amide bonds. The summed E-state index contributed by atoms with van der Waals surface area (Å²) in [5, 5.41) is 16.3. The third-order valence-corrected chi connectivity index (χ3v) is 8.17. The summed E-state index contributed by atoms with van der Waals surface area (Å²) >= 11 is 0. The predicted octanol–water partition coefficient (Wildman–Crippen LogP) is 2.04. The van der Waals surface area contributed by atoms with E-state index in [1.165, 1.54) is 44.9 Å². The van der Waals surface area contributed by atoms with E-state index in [0.29, 0.717) is 29.9 Å². The fourth-order valence-corrected chi connectivity index (χ4v) is 7.14. The number of fused-ring (bicyclic) bond motifs is 4. The first-order valence-electron chi connectivity index (χ1n) is 10.0.